The van der Waals surface area contributed by atoms with Gasteiger partial charge in [-0.05, 0) is 36.0 Å². The van der Waals surface area contributed by atoms with Crippen molar-refractivity contribution in [2.75, 3.05) is 6.61 Å². The second-order valence-electron chi connectivity index (χ2n) is 5.70. The SMILES string of the molecule is Cn1cnnc1Sc1ccc(C(=O)OCC(=O)NCc2ccco2)cc1[N+](=O)[O-]. The summed E-state index contributed by atoms with van der Waals surface area (Å²) in [7, 11) is 1.71. The summed E-state index contributed by atoms with van der Waals surface area (Å²) in [6, 6.07) is 7.27. The Morgan fingerprint density at radius 1 is 1.38 bits per heavy atom. The molecule has 0 aliphatic carbocycles. The molecule has 3 aromatic rings. The highest BCUT2D eigenvalue weighted by atomic mass is 32.2. The van der Waals surface area contributed by atoms with Crippen LogP contribution in [-0.2, 0) is 23.1 Å². The van der Waals surface area contributed by atoms with Gasteiger partial charge in [0.05, 0.1) is 28.2 Å². The topological polar surface area (TPSA) is 142 Å². The lowest BCUT2D eigenvalue weighted by molar-refractivity contribution is -0.387. The highest BCUT2D eigenvalue weighted by Gasteiger charge is 2.21. The fourth-order valence-corrected chi connectivity index (χ4v) is 3.05. The Balaban J connectivity index is 1.62. The van der Waals surface area contributed by atoms with Gasteiger partial charge in [-0.15, -0.1) is 10.2 Å². The van der Waals surface area contributed by atoms with Crippen LogP contribution in [0.25, 0.3) is 0 Å². The summed E-state index contributed by atoms with van der Waals surface area (Å²) in [5.41, 5.74) is -0.326. The van der Waals surface area contributed by atoms with Crippen molar-refractivity contribution in [2.24, 2.45) is 7.05 Å². The number of hydrogen-bond donors (Lipinski definition) is 1. The quantitative estimate of drug-likeness (QED) is 0.330. The maximum absolute atomic E-state index is 12.2. The minimum Gasteiger partial charge on any atom is -0.467 e. The van der Waals surface area contributed by atoms with Crippen LogP contribution in [0.15, 0.2) is 57.4 Å². The van der Waals surface area contributed by atoms with Gasteiger partial charge in [0.15, 0.2) is 11.8 Å². The van der Waals surface area contributed by atoms with Crippen molar-refractivity contribution in [3.05, 3.63) is 64.4 Å². The molecule has 12 heteroatoms. The van der Waals surface area contributed by atoms with Crippen molar-refractivity contribution in [3.8, 4) is 0 Å². The number of nitro benzene ring substituents is 1. The van der Waals surface area contributed by atoms with E-state index in [-0.39, 0.29) is 17.8 Å². The summed E-state index contributed by atoms with van der Waals surface area (Å²) >= 11 is 1.04. The summed E-state index contributed by atoms with van der Waals surface area (Å²) < 4.78 is 11.6. The number of ether oxygens (including phenoxy) is 1. The standard InChI is InChI=1S/C17H15N5O6S/c1-21-10-19-20-17(21)29-14-5-4-11(7-13(14)22(25)26)16(24)28-9-15(23)18-8-12-3-2-6-27-12/h2-7,10H,8-9H2,1H3,(H,18,23). The average Bonchev–Trinajstić information content (AvgIpc) is 3.36. The number of benzene rings is 1. The van der Waals surface area contributed by atoms with E-state index in [0.29, 0.717) is 15.8 Å². The number of carbonyl (C=O) groups excluding carboxylic acids is 2. The van der Waals surface area contributed by atoms with E-state index in [1.807, 2.05) is 0 Å². The van der Waals surface area contributed by atoms with Crippen LogP contribution in [0, 0.1) is 10.1 Å². The van der Waals surface area contributed by atoms with Crippen molar-refractivity contribution in [1.82, 2.24) is 20.1 Å². The highest BCUT2D eigenvalue weighted by Crippen LogP contribution is 2.34. The largest absolute Gasteiger partial charge is 0.467 e. The summed E-state index contributed by atoms with van der Waals surface area (Å²) in [6.45, 7) is -0.369. The second kappa shape index (κ2) is 9.01. The molecule has 0 aliphatic rings. The third-order valence-corrected chi connectivity index (χ3v) is 4.75. The lowest BCUT2D eigenvalue weighted by atomic mass is 10.2. The molecule has 0 bridgehead atoms. The van der Waals surface area contributed by atoms with Crippen LogP contribution >= 0.6 is 11.8 Å². The van der Waals surface area contributed by atoms with Gasteiger partial charge >= 0.3 is 5.97 Å². The molecular weight excluding hydrogens is 402 g/mol. The number of nitrogens with zero attached hydrogens (tertiary/aromatic N) is 4. The molecule has 0 saturated heterocycles. The van der Waals surface area contributed by atoms with E-state index in [9.17, 15) is 19.7 Å². The molecule has 0 radical (unpaired) electrons. The number of nitrogens with one attached hydrogen (secondary N) is 1. The zero-order chi connectivity index (χ0) is 20.8. The predicted molar refractivity (Wildman–Crippen MR) is 99.1 cm³/mol. The van der Waals surface area contributed by atoms with Crippen LogP contribution in [0.2, 0.25) is 0 Å². The van der Waals surface area contributed by atoms with Crippen LogP contribution in [0.1, 0.15) is 16.1 Å². The zero-order valence-electron chi connectivity index (χ0n) is 15.1. The lowest BCUT2D eigenvalue weighted by Crippen LogP contribution is -2.28. The molecule has 0 atom stereocenters. The van der Waals surface area contributed by atoms with E-state index in [0.717, 1.165) is 17.8 Å². The minimum absolute atomic E-state index is 0.0437. The van der Waals surface area contributed by atoms with E-state index in [2.05, 4.69) is 15.5 Å². The van der Waals surface area contributed by atoms with Crippen LogP contribution in [0.4, 0.5) is 5.69 Å². The van der Waals surface area contributed by atoms with Crippen LogP contribution in [0.3, 0.4) is 0 Å². The van der Waals surface area contributed by atoms with E-state index >= 15 is 0 Å². The summed E-state index contributed by atoms with van der Waals surface area (Å²) in [6.07, 6.45) is 2.94. The molecule has 29 heavy (non-hydrogen) atoms. The molecule has 0 saturated carbocycles. The molecule has 1 amide bonds. The molecule has 0 aliphatic heterocycles. The van der Waals surface area contributed by atoms with Crippen molar-refractivity contribution in [1.29, 1.82) is 0 Å². The predicted octanol–water partition coefficient (Wildman–Crippen LogP) is 1.94. The summed E-state index contributed by atoms with van der Waals surface area (Å²) in [4.78, 5) is 35.0. The Bertz CT molecular complexity index is 1030. The fraction of sp³-hybridized carbons (Fsp3) is 0.176. The molecule has 11 nitrogen and oxygen atoms in total. The van der Waals surface area contributed by atoms with E-state index in [1.54, 1.807) is 23.7 Å². The number of aryl methyl sites for hydroxylation is 1. The van der Waals surface area contributed by atoms with E-state index in [4.69, 9.17) is 9.15 Å². The molecule has 2 aromatic heterocycles. The first-order valence-electron chi connectivity index (χ1n) is 8.20. The molecule has 150 valence electrons. The molecule has 1 N–H and O–H groups in total. The smallest absolute Gasteiger partial charge is 0.338 e. The van der Waals surface area contributed by atoms with E-state index in [1.165, 1.54) is 24.7 Å². The number of rotatable bonds is 8. The molecular formula is C17H15N5O6S. The average molecular weight is 417 g/mol. The number of hydrogen-bond acceptors (Lipinski definition) is 9. The Morgan fingerprint density at radius 3 is 2.86 bits per heavy atom. The lowest BCUT2D eigenvalue weighted by Gasteiger charge is -2.07. The Morgan fingerprint density at radius 2 is 2.21 bits per heavy atom. The van der Waals surface area contributed by atoms with Gasteiger partial charge in [-0.2, -0.15) is 0 Å². The molecule has 2 heterocycles. The second-order valence-corrected chi connectivity index (χ2v) is 6.71. The molecule has 0 unspecified atom stereocenters. The van der Waals surface area contributed by atoms with Gasteiger partial charge < -0.3 is 19.0 Å². The number of nitro groups is 1. The molecule has 0 spiro atoms. The van der Waals surface area contributed by atoms with Crippen molar-refractivity contribution >= 4 is 29.3 Å². The molecule has 3 rings (SSSR count). The third-order valence-electron chi connectivity index (χ3n) is 3.64. The number of esters is 1. The summed E-state index contributed by atoms with van der Waals surface area (Å²) in [5, 5.41) is 22.0. The van der Waals surface area contributed by atoms with Crippen molar-refractivity contribution in [3.63, 3.8) is 0 Å². The number of furan rings is 1. The number of amides is 1. The molecule has 0 fully saturated rings. The van der Waals surface area contributed by atoms with Gasteiger partial charge in [0, 0.05) is 13.1 Å². The van der Waals surface area contributed by atoms with Gasteiger partial charge in [0.2, 0.25) is 0 Å². The van der Waals surface area contributed by atoms with Crippen LogP contribution in [-0.4, -0.2) is 38.2 Å². The number of aromatic nitrogens is 3. The molecule has 1 aromatic carbocycles. The van der Waals surface area contributed by atoms with Crippen molar-refractivity contribution < 1.29 is 23.7 Å². The van der Waals surface area contributed by atoms with Gasteiger partial charge in [0.25, 0.3) is 11.6 Å². The Hall–Kier alpha value is -3.67. The van der Waals surface area contributed by atoms with Gasteiger partial charge in [0.1, 0.15) is 12.1 Å². The number of carbonyl (C=O) groups is 2. The fourth-order valence-electron chi connectivity index (χ4n) is 2.20. The normalized spacial score (nSPS) is 10.5. The Labute approximate surface area is 168 Å². The van der Waals surface area contributed by atoms with Crippen molar-refractivity contribution in [2.45, 2.75) is 16.6 Å². The monoisotopic (exact) mass is 417 g/mol. The van der Waals surface area contributed by atoms with E-state index < -0.39 is 23.4 Å². The third kappa shape index (κ3) is 5.19. The van der Waals surface area contributed by atoms with Crippen LogP contribution < -0.4 is 5.32 Å². The maximum atomic E-state index is 12.2. The summed E-state index contributed by atoms with van der Waals surface area (Å²) in [5.74, 6) is -0.827. The van der Waals surface area contributed by atoms with Crippen LogP contribution in [0.5, 0.6) is 0 Å². The highest BCUT2D eigenvalue weighted by molar-refractivity contribution is 7.99. The maximum Gasteiger partial charge on any atom is 0.338 e. The first-order chi connectivity index (χ1) is 13.9. The first-order valence-corrected chi connectivity index (χ1v) is 9.02. The Kier molecular flexibility index (Phi) is 6.24. The van der Waals surface area contributed by atoms with Gasteiger partial charge in [-0.25, -0.2) is 4.79 Å². The van der Waals surface area contributed by atoms with Gasteiger partial charge in [-0.3, -0.25) is 14.9 Å². The zero-order valence-corrected chi connectivity index (χ0v) is 15.9. The van der Waals surface area contributed by atoms with Gasteiger partial charge in [-0.1, -0.05) is 0 Å². The first kappa shape index (κ1) is 20.1. The minimum atomic E-state index is -0.851.